The SMILES string of the molecule is O=C(O)c1ccccc1CC1Cc2cc3c(cc2C1)CCC3. The predicted octanol–water partition coefficient (Wildman–Crippen LogP) is 3.83. The Morgan fingerprint density at radius 1 is 1.00 bits per heavy atom. The monoisotopic (exact) mass is 292 g/mol. The van der Waals surface area contributed by atoms with Gasteiger partial charge in [0.15, 0.2) is 0 Å². The summed E-state index contributed by atoms with van der Waals surface area (Å²) in [6.07, 6.45) is 6.81. The third kappa shape index (κ3) is 2.33. The maximum absolute atomic E-state index is 11.3. The summed E-state index contributed by atoms with van der Waals surface area (Å²) in [5, 5.41) is 9.33. The Kier molecular flexibility index (Phi) is 3.25. The highest BCUT2D eigenvalue weighted by Crippen LogP contribution is 2.34. The van der Waals surface area contributed by atoms with Crippen LogP contribution in [0.25, 0.3) is 0 Å². The molecule has 112 valence electrons. The van der Waals surface area contributed by atoms with Gasteiger partial charge >= 0.3 is 5.97 Å². The van der Waals surface area contributed by atoms with E-state index >= 15 is 0 Å². The fraction of sp³-hybridized carbons (Fsp3) is 0.350. The van der Waals surface area contributed by atoms with Crippen molar-refractivity contribution >= 4 is 5.97 Å². The van der Waals surface area contributed by atoms with Gasteiger partial charge in [-0.2, -0.15) is 0 Å². The average molecular weight is 292 g/mol. The zero-order valence-corrected chi connectivity index (χ0v) is 12.6. The molecule has 0 atom stereocenters. The van der Waals surface area contributed by atoms with Gasteiger partial charge in [-0.05, 0) is 78.3 Å². The predicted molar refractivity (Wildman–Crippen MR) is 86.5 cm³/mol. The number of carbonyl (C=O) groups is 1. The van der Waals surface area contributed by atoms with Crippen LogP contribution in [0.1, 0.15) is 44.6 Å². The number of hydrogen-bond donors (Lipinski definition) is 1. The van der Waals surface area contributed by atoms with Gasteiger partial charge in [0.05, 0.1) is 5.56 Å². The van der Waals surface area contributed by atoms with Gasteiger partial charge in [0.1, 0.15) is 0 Å². The largest absolute Gasteiger partial charge is 0.478 e. The molecule has 2 nitrogen and oxygen atoms in total. The Bertz CT molecular complexity index is 712. The quantitative estimate of drug-likeness (QED) is 0.933. The molecule has 0 heterocycles. The number of fused-ring (bicyclic) bond motifs is 2. The third-order valence-corrected chi connectivity index (χ3v) is 5.19. The first-order valence-corrected chi connectivity index (χ1v) is 8.15. The number of hydrogen-bond acceptors (Lipinski definition) is 1. The lowest BCUT2D eigenvalue weighted by molar-refractivity contribution is 0.0695. The molecule has 0 bridgehead atoms. The molecule has 0 aliphatic heterocycles. The summed E-state index contributed by atoms with van der Waals surface area (Å²) in [6.45, 7) is 0. The second kappa shape index (κ2) is 5.28. The third-order valence-electron chi connectivity index (χ3n) is 5.19. The molecule has 0 saturated carbocycles. The summed E-state index contributed by atoms with van der Waals surface area (Å²) in [7, 11) is 0. The van der Waals surface area contributed by atoms with E-state index in [1.165, 1.54) is 30.4 Å². The first-order chi connectivity index (χ1) is 10.7. The molecule has 1 N–H and O–H groups in total. The number of benzene rings is 2. The van der Waals surface area contributed by atoms with Gasteiger partial charge in [-0.25, -0.2) is 4.79 Å². The van der Waals surface area contributed by atoms with E-state index in [1.54, 1.807) is 23.3 Å². The number of aryl methyl sites for hydroxylation is 2. The summed E-state index contributed by atoms with van der Waals surface area (Å²) >= 11 is 0. The summed E-state index contributed by atoms with van der Waals surface area (Å²) in [4.78, 5) is 11.3. The maximum Gasteiger partial charge on any atom is 0.335 e. The number of aromatic carboxylic acids is 1. The van der Waals surface area contributed by atoms with Crippen LogP contribution in [0.4, 0.5) is 0 Å². The normalized spacial score (nSPS) is 16.5. The highest BCUT2D eigenvalue weighted by molar-refractivity contribution is 5.89. The van der Waals surface area contributed by atoms with Crippen molar-refractivity contribution in [2.45, 2.75) is 38.5 Å². The van der Waals surface area contributed by atoms with Crippen LogP contribution in [0.15, 0.2) is 36.4 Å². The zero-order valence-electron chi connectivity index (χ0n) is 12.6. The van der Waals surface area contributed by atoms with Crippen molar-refractivity contribution in [2.75, 3.05) is 0 Å². The molecule has 0 amide bonds. The molecule has 2 heteroatoms. The molecule has 2 aliphatic carbocycles. The van der Waals surface area contributed by atoms with Crippen LogP contribution in [0.3, 0.4) is 0 Å². The Balaban J connectivity index is 1.56. The van der Waals surface area contributed by atoms with Gasteiger partial charge in [0.25, 0.3) is 0 Å². The van der Waals surface area contributed by atoms with Crippen LogP contribution in [0.2, 0.25) is 0 Å². The minimum atomic E-state index is -0.815. The maximum atomic E-state index is 11.3. The fourth-order valence-electron chi connectivity index (χ4n) is 4.16. The summed E-state index contributed by atoms with van der Waals surface area (Å²) < 4.78 is 0. The molecule has 0 spiro atoms. The van der Waals surface area contributed by atoms with Crippen LogP contribution >= 0.6 is 0 Å². The van der Waals surface area contributed by atoms with Gasteiger partial charge in [-0.3, -0.25) is 0 Å². The molecule has 2 aliphatic rings. The molecule has 0 unspecified atom stereocenters. The van der Waals surface area contributed by atoms with E-state index in [2.05, 4.69) is 12.1 Å². The van der Waals surface area contributed by atoms with Crippen molar-refractivity contribution < 1.29 is 9.90 Å². The van der Waals surface area contributed by atoms with E-state index in [4.69, 9.17) is 0 Å². The van der Waals surface area contributed by atoms with E-state index in [1.807, 2.05) is 12.1 Å². The highest BCUT2D eigenvalue weighted by atomic mass is 16.4. The molecule has 0 fully saturated rings. The second-order valence-electron chi connectivity index (χ2n) is 6.68. The van der Waals surface area contributed by atoms with Gasteiger partial charge in [0.2, 0.25) is 0 Å². The van der Waals surface area contributed by atoms with Crippen molar-refractivity contribution in [3.8, 4) is 0 Å². The van der Waals surface area contributed by atoms with Crippen LogP contribution in [-0.2, 0) is 32.1 Å². The van der Waals surface area contributed by atoms with Crippen molar-refractivity contribution in [2.24, 2.45) is 5.92 Å². The Morgan fingerprint density at radius 2 is 1.64 bits per heavy atom. The molecule has 0 aromatic heterocycles. The molecular weight excluding hydrogens is 272 g/mol. The van der Waals surface area contributed by atoms with Crippen LogP contribution in [0, 0.1) is 5.92 Å². The van der Waals surface area contributed by atoms with Crippen molar-refractivity contribution in [1.82, 2.24) is 0 Å². The number of carboxylic acid groups (broad SMARTS) is 1. The first kappa shape index (κ1) is 13.6. The first-order valence-electron chi connectivity index (χ1n) is 8.15. The lowest BCUT2D eigenvalue weighted by atomic mass is 9.93. The number of rotatable bonds is 3. The van der Waals surface area contributed by atoms with Crippen molar-refractivity contribution in [1.29, 1.82) is 0 Å². The summed E-state index contributed by atoms with van der Waals surface area (Å²) in [5.74, 6) is -0.275. The topological polar surface area (TPSA) is 37.3 Å². The molecule has 0 saturated heterocycles. The average Bonchev–Trinajstić information content (AvgIpc) is 3.09. The lowest BCUT2D eigenvalue weighted by Crippen LogP contribution is -2.09. The smallest absolute Gasteiger partial charge is 0.335 e. The van der Waals surface area contributed by atoms with E-state index in [-0.39, 0.29) is 0 Å². The van der Waals surface area contributed by atoms with Crippen molar-refractivity contribution in [3.05, 3.63) is 69.8 Å². The molecule has 2 aromatic rings. The Morgan fingerprint density at radius 3 is 2.27 bits per heavy atom. The van der Waals surface area contributed by atoms with E-state index < -0.39 is 5.97 Å². The molecule has 22 heavy (non-hydrogen) atoms. The fourth-order valence-corrected chi connectivity index (χ4v) is 4.16. The lowest BCUT2D eigenvalue weighted by Gasteiger charge is -2.11. The van der Waals surface area contributed by atoms with E-state index in [9.17, 15) is 9.90 Å². The molecule has 2 aromatic carbocycles. The van der Waals surface area contributed by atoms with Gasteiger partial charge in [-0.1, -0.05) is 30.3 Å². The molecule has 0 radical (unpaired) electrons. The molecular formula is C20H20O2. The summed E-state index contributed by atoms with van der Waals surface area (Å²) in [5.41, 5.74) is 7.52. The Labute approximate surface area is 130 Å². The minimum Gasteiger partial charge on any atom is -0.478 e. The minimum absolute atomic E-state index is 0.459. The Hall–Kier alpha value is -2.09. The second-order valence-corrected chi connectivity index (χ2v) is 6.68. The van der Waals surface area contributed by atoms with Crippen molar-refractivity contribution in [3.63, 3.8) is 0 Å². The van der Waals surface area contributed by atoms with Gasteiger partial charge in [-0.15, -0.1) is 0 Å². The standard InChI is InChI=1S/C20H20O2/c21-20(22)19-7-2-1-4-16(19)8-13-9-17-11-14-5-3-6-15(14)12-18(17)10-13/h1-2,4,7,11-13H,3,5-6,8-10H2,(H,21,22). The highest BCUT2D eigenvalue weighted by Gasteiger charge is 2.25. The zero-order chi connectivity index (χ0) is 15.1. The molecule has 4 rings (SSSR count). The van der Waals surface area contributed by atoms with Crippen LogP contribution < -0.4 is 0 Å². The summed E-state index contributed by atoms with van der Waals surface area (Å²) in [6, 6.07) is 12.3. The van der Waals surface area contributed by atoms with Gasteiger partial charge < -0.3 is 5.11 Å². The van der Waals surface area contributed by atoms with E-state index in [0.29, 0.717) is 11.5 Å². The number of carboxylic acids is 1. The van der Waals surface area contributed by atoms with Gasteiger partial charge in [0, 0.05) is 0 Å². The van der Waals surface area contributed by atoms with Crippen LogP contribution in [-0.4, -0.2) is 11.1 Å². The van der Waals surface area contributed by atoms with Crippen LogP contribution in [0.5, 0.6) is 0 Å². The van der Waals surface area contributed by atoms with E-state index in [0.717, 1.165) is 24.8 Å².